The van der Waals surface area contributed by atoms with Gasteiger partial charge in [0, 0.05) is 11.1 Å². The molecule has 1 aromatic rings. The minimum absolute atomic E-state index is 0.103. The molecule has 0 fully saturated rings. The number of rotatable bonds is 7. The largest absolute Gasteiger partial charge is 0.508 e. The fourth-order valence-electron chi connectivity index (χ4n) is 3.82. The van der Waals surface area contributed by atoms with E-state index in [0.717, 1.165) is 0 Å². The van der Waals surface area contributed by atoms with Gasteiger partial charge in [-0.05, 0) is 98.4 Å². The number of carbonyl (C=O) groups excluding carboxylic acids is 3. The van der Waals surface area contributed by atoms with Crippen LogP contribution < -0.4 is 10.6 Å². The molecule has 3 atom stereocenters. The smallest absolute Gasteiger partial charge is 0.408 e. The van der Waals surface area contributed by atoms with Crippen molar-refractivity contribution in [2.24, 2.45) is 5.92 Å². The van der Waals surface area contributed by atoms with E-state index in [2.05, 4.69) is 10.6 Å². The summed E-state index contributed by atoms with van der Waals surface area (Å²) in [6, 6.07) is 2.99. The first kappa shape index (κ1) is 31.3. The fourth-order valence-corrected chi connectivity index (χ4v) is 3.82. The average molecular weight is 506 g/mol. The number of ether oxygens (including phenoxy) is 1. The molecular weight excluding hydrogens is 458 g/mol. The van der Waals surface area contributed by atoms with Gasteiger partial charge in [-0.1, -0.05) is 26.3 Å². The van der Waals surface area contributed by atoms with E-state index >= 15 is 0 Å². The van der Waals surface area contributed by atoms with E-state index in [-0.39, 0.29) is 23.5 Å². The Labute approximate surface area is 217 Å². The van der Waals surface area contributed by atoms with Gasteiger partial charge in [-0.25, -0.2) is 4.79 Å². The lowest BCUT2D eigenvalue weighted by atomic mass is 9.91. The number of phenols is 1. The van der Waals surface area contributed by atoms with Gasteiger partial charge in [-0.15, -0.1) is 0 Å². The normalized spacial score (nSPS) is 14.9. The van der Waals surface area contributed by atoms with E-state index in [4.69, 9.17) is 4.74 Å². The SMILES string of the molecule is CCC(C)C(NC(=O)OC(C)(C)C)C(=O)N(C(C(=O)NC(C)(C)C)c1ccc(O)c(C)c1)C(C)(C)C. The number of aromatic hydroxyl groups is 1. The topological polar surface area (TPSA) is 108 Å². The number of carbonyl (C=O) groups is 3. The summed E-state index contributed by atoms with van der Waals surface area (Å²) < 4.78 is 5.44. The monoisotopic (exact) mass is 505 g/mol. The first-order chi connectivity index (χ1) is 16.2. The summed E-state index contributed by atoms with van der Waals surface area (Å²) in [6.45, 7) is 22.0. The molecule has 0 aliphatic carbocycles. The third-order valence-electron chi connectivity index (χ3n) is 5.65. The predicted molar refractivity (Wildman–Crippen MR) is 143 cm³/mol. The highest BCUT2D eigenvalue weighted by Gasteiger charge is 2.43. The number of phenolic OH excluding ortho intramolecular Hbond substituents is 1. The minimum atomic E-state index is -0.997. The van der Waals surface area contributed by atoms with E-state index in [9.17, 15) is 19.5 Å². The maximum atomic E-state index is 14.3. The van der Waals surface area contributed by atoms with Crippen molar-refractivity contribution in [3.8, 4) is 5.75 Å². The number of aryl methyl sites for hydroxylation is 1. The molecule has 0 saturated carbocycles. The highest BCUT2D eigenvalue weighted by atomic mass is 16.6. The van der Waals surface area contributed by atoms with Gasteiger partial charge in [0.25, 0.3) is 0 Å². The van der Waals surface area contributed by atoms with E-state index in [1.165, 1.54) is 11.0 Å². The molecule has 8 nitrogen and oxygen atoms in total. The van der Waals surface area contributed by atoms with Gasteiger partial charge in [0.05, 0.1) is 0 Å². The predicted octanol–water partition coefficient (Wildman–Crippen LogP) is 5.22. The van der Waals surface area contributed by atoms with Crippen LogP contribution in [0.15, 0.2) is 18.2 Å². The first-order valence-electron chi connectivity index (χ1n) is 12.6. The summed E-state index contributed by atoms with van der Waals surface area (Å²) in [4.78, 5) is 42.2. The zero-order valence-corrected chi connectivity index (χ0v) is 24.2. The lowest BCUT2D eigenvalue weighted by Crippen LogP contribution is -2.60. The Morgan fingerprint density at radius 2 is 1.58 bits per heavy atom. The average Bonchev–Trinajstić information content (AvgIpc) is 2.67. The number of hydrogen-bond donors (Lipinski definition) is 3. The molecule has 36 heavy (non-hydrogen) atoms. The van der Waals surface area contributed by atoms with Crippen LogP contribution in [0, 0.1) is 12.8 Å². The maximum Gasteiger partial charge on any atom is 0.408 e. The van der Waals surface area contributed by atoms with E-state index in [0.29, 0.717) is 17.5 Å². The lowest BCUT2D eigenvalue weighted by molar-refractivity contribution is -0.150. The molecule has 0 heterocycles. The van der Waals surface area contributed by atoms with Crippen molar-refractivity contribution in [3.63, 3.8) is 0 Å². The minimum Gasteiger partial charge on any atom is -0.508 e. The van der Waals surface area contributed by atoms with Crippen LogP contribution in [0.2, 0.25) is 0 Å². The van der Waals surface area contributed by atoms with Crippen LogP contribution >= 0.6 is 0 Å². The molecule has 204 valence electrons. The summed E-state index contributed by atoms with van der Waals surface area (Å²) in [7, 11) is 0. The van der Waals surface area contributed by atoms with E-state index in [1.807, 2.05) is 55.4 Å². The molecule has 0 bridgehead atoms. The molecule has 0 radical (unpaired) electrons. The third-order valence-corrected chi connectivity index (χ3v) is 5.65. The van der Waals surface area contributed by atoms with Gasteiger partial charge >= 0.3 is 6.09 Å². The molecule has 0 saturated heterocycles. The summed E-state index contributed by atoms with van der Waals surface area (Å²) in [5.74, 6) is -0.854. The molecule has 3 unspecified atom stereocenters. The molecule has 8 heteroatoms. The summed E-state index contributed by atoms with van der Waals surface area (Å²) in [6.07, 6.45) is -0.0624. The zero-order valence-electron chi connectivity index (χ0n) is 24.2. The Morgan fingerprint density at radius 3 is 2.00 bits per heavy atom. The standard InChI is InChI=1S/C28H47N3O5/c1-13-17(2)21(29-25(35)36-28(10,11)12)24(34)31(27(7,8)9)22(23(33)30-26(4,5)6)19-14-15-20(32)18(3)16-19/h14-17,21-22,32H,13H2,1-12H3,(H,29,35)(H,30,33). The van der Waals surface area contributed by atoms with Gasteiger partial charge in [-0.3, -0.25) is 9.59 Å². The highest BCUT2D eigenvalue weighted by Crippen LogP contribution is 2.33. The van der Waals surface area contributed by atoms with Crippen LogP contribution in [-0.4, -0.2) is 50.6 Å². The molecule has 0 aliphatic heterocycles. The third kappa shape index (κ3) is 9.03. The van der Waals surface area contributed by atoms with Gasteiger partial charge in [0.2, 0.25) is 11.8 Å². The Balaban J connectivity index is 3.69. The van der Waals surface area contributed by atoms with Gasteiger partial charge in [0.1, 0.15) is 23.4 Å². The van der Waals surface area contributed by atoms with Crippen molar-refractivity contribution in [1.82, 2.24) is 15.5 Å². The van der Waals surface area contributed by atoms with Crippen LogP contribution in [0.4, 0.5) is 4.79 Å². The molecule has 0 spiro atoms. The Bertz CT molecular complexity index is 938. The number of benzene rings is 1. The fraction of sp³-hybridized carbons (Fsp3) is 0.679. The second kappa shape index (κ2) is 11.5. The van der Waals surface area contributed by atoms with Crippen molar-refractivity contribution in [2.75, 3.05) is 0 Å². The molecule has 3 N–H and O–H groups in total. The van der Waals surface area contributed by atoms with Gasteiger partial charge in [-0.2, -0.15) is 0 Å². The Morgan fingerprint density at radius 1 is 1.03 bits per heavy atom. The van der Waals surface area contributed by atoms with Gasteiger partial charge < -0.3 is 25.4 Å². The summed E-state index contributed by atoms with van der Waals surface area (Å²) >= 11 is 0. The second-order valence-electron chi connectivity index (χ2n) is 12.6. The van der Waals surface area contributed by atoms with Crippen LogP contribution in [0.1, 0.15) is 99.8 Å². The molecule has 0 aromatic heterocycles. The number of amides is 3. The number of nitrogens with one attached hydrogen (secondary N) is 2. The van der Waals surface area contributed by atoms with Crippen LogP contribution in [-0.2, 0) is 14.3 Å². The van der Waals surface area contributed by atoms with Crippen molar-refractivity contribution >= 4 is 17.9 Å². The number of hydrogen-bond acceptors (Lipinski definition) is 5. The molecule has 1 aromatic carbocycles. The zero-order chi connectivity index (χ0) is 28.2. The van der Waals surface area contributed by atoms with Gasteiger partial charge in [0.15, 0.2) is 0 Å². The lowest BCUT2D eigenvalue weighted by Gasteiger charge is -2.44. The molecule has 1 rings (SSSR count). The number of nitrogens with zero attached hydrogens (tertiary/aromatic N) is 1. The Hall–Kier alpha value is -2.77. The second-order valence-corrected chi connectivity index (χ2v) is 12.6. The van der Waals surface area contributed by atoms with Crippen LogP contribution in [0.25, 0.3) is 0 Å². The Kier molecular flexibility index (Phi) is 10.0. The van der Waals surface area contributed by atoms with Crippen LogP contribution in [0.5, 0.6) is 5.75 Å². The molecular formula is C28H47N3O5. The van der Waals surface area contributed by atoms with Crippen molar-refractivity contribution in [3.05, 3.63) is 29.3 Å². The van der Waals surface area contributed by atoms with Crippen molar-refractivity contribution in [2.45, 2.75) is 118 Å². The van der Waals surface area contributed by atoms with E-state index in [1.54, 1.807) is 39.8 Å². The summed E-state index contributed by atoms with van der Waals surface area (Å²) in [5, 5.41) is 15.9. The summed E-state index contributed by atoms with van der Waals surface area (Å²) in [5.41, 5.74) is -0.901. The highest BCUT2D eigenvalue weighted by molar-refractivity contribution is 5.93. The molecule has 0 aliphatic rings. The number of alkyl carbamates (subject to hydrolysis) is 1. The van der Waals surface area contributed by atoms with Crippen LogP contribution in [0.3, 0.4) is 0 Å². The van der Waals surface area contributed by atoms with E-state index < -0.39 is 34.9 Å². The van der Waals surface area contributed by atoms with Crippen molar-refractivity contribution < 1.29 is 24.2 Å². The first-order valence-corrected chi connectivity index (χ1v) is 12.6. The maximum absolute atomic E-state index is 14.3. The quantitative estimate of drug-likeness (QED) is 0.471. The molecule has 3 amide bonds. The van der Waals surface area contributed by atoms with Crippen molar-refractivity contribution in [1.29, 1.82) is 0 Å².